The van der Waals surface area contributed by atoms with Crippen LogP contribution in [-0.4, -0.2) is 53.5 Å². The molecule has 1 amide bonds. The van der Waals surface area contributed by atoms with Gasteiger partial charge in [0.2, 0.25) is 5.89 Å². The van der Waals surface area contributed by atoms with Crippen LogP contribution < -0.4 is 5.69 Å². The first kappa shape index (κ1) is 22.1. The molecule has 0 unspecified atom stereocenters. The van der Waals surface area contributed by atoms with Crippen LogP contribution in [0.2, 0.25) is 0 Å². The molecule has 34 heavy (non-hydrogen) atoms. The van der Waals surface area contributed by atoms with Gasteiger partial charge in [-0.25, -0.2) is 14.0 Å². The van der Waals surface area contributed by atoms with Crippen molar-refractivity contribution < 1.29 is 27.5 Å². The number of carbonyl (C=O) groups is 1. The van der Waals surface area contributed by atoms with Crippen molar-refractivity contribution in [2.75, 3.05) is 13.1 Å². The molecule has 176 valence electrons. The monoisotopic (exact) mass is 538 g/mol. The predicted octanol–water partition coefficient (Wildman–Crippen LogP) is 3.67. The molecule has 1 aromatic carbocycles. The Bertz CT molecular complexity index is 1460. The number of nitrogens with zero attached hydrogens (tertiary/aromatic N) is 6. The number of hydrogen-bond acceptors (Lipinski definition) is 6. The summed E-state index contributed by atoms with van der Waals surface area (Å²) in [7, 11) is 0. The smallest absolute Gasteiger partial charge is 0.407 e. The first-order chi connectivity index (χ1) is 16.2. The third-order valence-corrected chi connectivity index (χ3v) is 6.13. The highest BCUT2D eigenvalue weighted by atomic mass is 79.9. The van der Waals surface area contributed by atoms with E-state index in [0.717, 1.165) is 0 Å². The van der Waals surface area contributed by atoms with Crippen molar-refractivity contribution in [3.05, 3.63) is 62.8 Å². The van der Waals surface area contributed by atoms with E-state index in [1.54, 1.807) is 6.07 Å². The Morgan fingerprint density at radius 2 is 2.00 bits per heavy atom. The standard InChI is InChI=1S/C20H14BrF3N6O4/c21-12-3-15-14(4-13(12)22)29(19(31)30(15)11-7-28(8-11)20(32)33)6-10-2-1-9(5-25-10)17-26-27-18(34-17)16(23)24/h1-5,11,16H,6-8H2,(H,32,33). The second kappa shape index (κ2) is 8.27. The van der Waals surface area contributed by atoms with Gasteiger partial charge in [-0.05, 0) is 34.1 Å². The Kier molecular flexibility index (Phi) is 5.38. The van der Waals surface area contributed by atoms with Crippen LogP contribution in [-0.2, 0) is 6.54 Å². The Hall–Kier alpha value is -3.68. The van der Waals surface area contributed by atoms with Crippen LogP contribution in [0, 0.1) is 5.82 Å². The Morgan fingerprint density at radius 3 is 2.62 bits per heavy atom. The van der Waals surface area contributed by atoms with Gasteiger partial charge in [0, 0.05) is 25.4 Å². The summed E-state index contributed by atoms with van der Waals surface area (Å²) < 4.78 is 47.5. The number of fused-ring (bicyclic) bond motifs is 1. The highest BCUT2D eigenvalue weighted by Gasteiger charge is 2.35. The molecule has 1 fully saturated rings. The van der Waals surface area contributed by atoms with Gasteiger partial charge in [0.25, 0.3) is 5.89 Å². The molecule has 1 aliphatic rings. The number of likely N-dealkylation sites (tertiary alicyclic amines) is 1. The number of aromatic nitrogens is 5. The molecule has 14 heteroatoms. The number of alkyl halides is 2. The minimum atomic E-state index is -2.89. The number of benzene rings is 1. The van der Waals surface area contributed by atoms with Crippen LogP contribution in [0.25, 0.3) is 22.5 Å². The Morgan fingerprint density at radius 1 is 1.24 bits per heavy atom. The van der Waals surface area contributed by atoms with Gasteiger partial charge in [-0.2, -0.15) is 8.78 Å². The summed E-state index contributed by atoms with van der Waals surface area (Å²) in [5.41, 5.74) is 1.09. The normalized spacial score (nSPS) is 14.2. The fourth-order valence-corrected chi connectivity index (χ4v) is 4.13. The average molecular weight is 539 g/mol. The molecular formula is C20H14BrF3N6O4. The molecule has 1 saturated heterocycles. The van der Waals surface area contributed by atoms with E-state index in [2.05, 4.69) is 31.1 Å². The summed E-state index contributed by atoms with van der Waals surface area (Å²) in [6.07, 6.45) is -2.63. The lowest BCUT2D eigenvalue weighted by molar-refractivity contribution is 0.0856. The highest BCUT2D eigenvalue weighted by molar-refractivity contribution is 9.10. The van der Waals surface area contributed by atoms with E-state index in [1.165, 1.54) is 38.4 Å². The highest BCUT2D eigenvalue weighted by Crippen LogP contribution is 2.29. The number of hydrogen-bond donors (Lipinski definition) is 1. The maximum Gasteiger partial charge on any atom is 0.407 e. The summed E-state index contributed by atoms with van der Waals surface area (Å²) in [4.78, 5) is 29.8. The summed E-state index contributed by atoms with van der Waals surface area (Å²) in [6.45, 7) is 0.271. The molecule has 0 radical (unpaired) electrons. The number of imidazole rings is 1. The van der Waals surface area contributed by atoms with Gasteiger partial charge < -0.3 is 14.4 Å². The Labute approximate surface area is 196 Å². The van der Waals surface area contributed by atoms with E-state index in [-0.39, 0.29) is 36.0 Å². The van der Waals surface area contributed by atoms with Crippen LogP contribution in [0.15, 0.2) is 44.1 Å². The molecule has 5 rings (SSSR count). The van der Waals surface area contributed by atoms with Gasteiger partial charge in [0.05, 0.1) is 39.4 Å². The number of rotatable bonds is 5. The summed E-state index contributed by atoms with van der Waals surface area (Å²) in [6, 6.07) is 5.41. The first-order valence-corrected chi connectivity index (χ1v) is 10.7. The number of halogens is 4. The molecule has 0 saturated carbocycles. The van der Waals surface area contributed by atoms with Gasteiger partial charge in [-0.15, -0.1) is 10.2 Å². The maximum atomic E-state index is 14.3. The molecule has 0 atom stereocenters. The fourth-order valence-electron chi connectivity index (χ4n) is 3.80. The summed E-state index contributed by atoms with van der Waals surface area (Å²) >= 11 is 3.13. The molecule has 1 N–H and O–H groups in total. The third-order valence-electron chi connectivity index (χ3n) is 5.52. The number of amides is 1. The molecule has 3 aromatic heterocycles. The molecule has 10 nitrogen and oxygen atoms in total. The number of carboxylic acid groups (broad SMARTS) is 1. The summed E-state index contributed by atoms with van der Waals surface area (Å²) in [5, 5.41) is 15.9. The predicted molar refractivity (Wildman–Crippen MR) is 114 cm³/mol. The van der Waals surface area contributed by atoms with Crippen LogP contribution in [0.3, 0.4) is 0 Å². The van der Waals surface area contributed by atoms with Gasteiger partial charge in [-0.3, -0.25) is 14.1 Å². The molecule has 0 bridgehead atoms. The molecular weight excluding hydrogens is 525 g/mol. The Balaban J connectivity index is 1.49. The van der Waals surface area contributed by atoms with E-state index in [9.17, 15) is 22.8 Å². The van der Waals surface area contributed by atoms with Crippen molar-refractivity contribution in [2.45, 2.75) is 19.0 Å². The zero-order valence-electron chi connectivity index (χ0n) is 17.0. The fraction of sp³-hybridized carbons (Fsp3) is 0.250. The first-order valence-electron chi connectivity index (χ1n) is 9.87. The van der Waals surface area contributed by atoms with Crippen molar-refractivity contribution in [3.8, 4) is 11.5 Å². The van der Waals surface area contributed by atoms with Gasteiger partial charge in [0.1, 0.15) is 5.82 Å². The van der Waals surface area contributed by atoms with Crippen molar-refractivity contribution in [1.82, 2.24) is 29.2 Å². The molecule has 0 aliphatic carbocycles. The molecule has 1 aliphatic heterocycles. The SMILES string of the molecule is O=C(O)N1CC(n2c(=O)n(Cc3ccc(-c4nnc(C(F)F)o4)cn3)c3cc(F)c(Br)cc32)C1. The van der Waals surface area contributed by atoms with Crippen LogP contribution in [0.5, 0.6) is 0 Å². The lowest BCUT2D eigenvalue weighted by atomic mass is 10.1. The van der Waals surface area contributed by atoms with Crippen LogP contribution >= 0.6 is 15.9 Å². The van der Waals surface area contributed by atoms with E-state index in [1.807, 2.05) is 0 Å². The van der Waals surface area contributed by atoms with E-state index >= 15 is 0 Å². The average Bonchev–Trinajstić information content (AvgIpc) is 3.34. The second-order valence-electron chi connectivity index (χ2n) is 7.62. The summed E-state index contributed by atoms with van der Waals surface area (Å²) in [5.74, 6) is -1.49. The maximum absolute atomic E-state index is 14.3. The van der Waals surface area contributed by atoms with Crippen molar-refractivity contribution in [1.29, 1.82) is 0 Å². The van der Waals surface area contributed by atoms with Crippen molar-refractivity contribution in [2.24, 2.45) is 0 Å². The quantitative estimate of drug-likeness (QED) is 0.411. The second-order valence-corrected chi connectivity index (χ2v) is 8.47. The minimum absolute atomic E-state index is 0.00876. The van der Waals surface area contributed by atoms with E-state index < -0.39 is 29.9 Å². The zero-order valence-corrected chi connectivity index (χ0v) is 18.6. The molecule has 4 aromatic rings. The van der Waals surface area contributed by atoms with Gasteiger partial charge in [-0.1, -0.05) is 0 Å². The van der Waals surface area contributed by atoms with Crippen molar-refractivity contribution >= 4 is 33.1 Å². The lowest BCUT2D eigenvalue weighted by Crippen LogP contribution is -2.52. The largest absolute Gasteiger partial charge is 0.465 e. The third kappa shape index (κ3) is 3.73. The topological polar surface area (TPSA) is 119 Å². The van der Waals surface area contributed by atoms with Crippen LogP contribution in [0.1, 0.15) is 24.1 Å². The lowest BCUT2D eigenvalue weighted by Gasteiger charge is -2.37. The van der Waals surface area contributed by atoms with E-state index in [4.69, 9.17) is 9.52 Å². The zero-order chi connectivity index (χ0) is 24.1. The van der Waals surface area contributed by atoms with Gasteiger partial charge in [0.15, 0.2) is 0 Å². The minimum Gasteiger partial charge on any atom is -0.465 e. The molecule has 4 heterocycles. The van der Waals surface area contributed by atoms with Crippen LogP contribution in [0.4, 0.5) is 18.0 Å². The van der Waals surface area contributed by atoms with Gasteiger partial charge >= 0.3 is 18.2 Å². The van der Waals surface area contributed by atoms with E-state index in [0.29, 0.717) is 22.3 Å². The number of pyridine rings is 1. The molecule has 0 spiro atoms. The van der Waals surface area contributed by atoms with Crippen molar-refractivity contribution in [3.63, 3.8) is 0 Å².